The van der Waals surface area contributed by atoms with Gasteiger partial charge < -0.3 is 15.5 Å². The van der Waals surface area contributed by atoms with Crippen molar-refractivity contribution in [3.05, 3.63) is 35.5 Å². The van der Waals surface area contributed by atoms with E-state index in [1.54, 1.807) is 11.3 Å². The van der Waals surface area contributed by atoms with Crippen molar-refractivity contribution in [3.63, 3.8) is 0 Å². The molecule has 2 fully saturated rings. The standard InChI is InChI=1S/C20H26N4OS/c1-12-5-4-6-14(9-12)18-17(22-20(26-18)23(2)3)19(25)24-15-8-7-13(10-15)16(24)11-21/h4-6,9,13,15-16H,7-8,10-11,21H2,1-3H3/t13-,15+,16+/m1/s1. The number of nitrogens with two attached hydrogens (primary N) is 1. The zero-order valence-electron chi connectivity index (χ0n) is 15.6. The predicted molar refractivity (Wildman–Crippen MR) is 107 cm³/mol. The summed E-state index contributed by atoms with van der Waals surface area (Å²) in [6.45, 7) is 2.61. The molecule has 1 amide bonds. The molecule has 2 N–H and O–H groups in total. The zero-order chi connectivity index (χ0) is 18.4. The zero-order valence-corrected chi connectivity index (χ0v) is 16.4. The molecule has 0 unspecified atom stereocenters. The second kappa shape index (κ2) is 6.67. The Morgan fingerprint density at radius 2 is 2.19 bits per heavy atom. The monoisotopic (exact) mass is 370 g/mol. The SMILES string of the molecule is Cc1cccc(-c2sc(N(C)C)nc2C(=O)N2[C@H]3CC[C@H](C3)[C@@H]2CN)c1. The fourth-order valence-corrected chi connectivity index (χ4v) is 5.44. The maximum absolute atomic E-state index is 13.5. The van der Waals surface area contributed by atoms with Gasteiger partial charge >= 0.3 is 0 Å². The molecule has 1 saturated heterocycles. The number of fused-ring (bicyclic) bond motifs is 2. The van der Waals surface area contributed by atoms with Gasteiger partial charge in [0.25, 0.3) is 5.91 Å². The summed E-state index contributed by atoms with van der Waals surface area (Å²) in [4.78, 5) is 23.2. The molecule has 2 bridgehead atoms. The van der Waals surface area contributed by atoms with E-state index in [1.807, 2.05) is 30.0 Å². The maximum atomic E-state index is 13.5. The van der Waals surface area contributed by atoms with Crippen LogP contribution in [0.2, 0.25) is 0 Å². The Morgan fingerprint density at radius 3 is 2.88 bits per heavy atom. The predicted octanol–water partition coefficient (Wildman–Crippen LogP) is 3.14. The molecule has 3 atom stereocenters. The molecular weight excluding hydrogens is 344 g/mol. The number of carbonyl (C=O) groups excluding carboxylic acids is 1. The molecule has 0 spiro atoms. The van der Waals surface area contributed by atoms with Gasteiger partial charge in [0, 0.05) is 32.7 Å². The molecule has 1 saturated carbocycles. The van der Waals surface area contributed by atoms with E-state index in [0.29, 0.717) is 24.2 Å². The highest BCUT2D eigenvalue weighted by molar-refractivity contribution is 7.19. The molecule has 1 aromatic heterocycles. The lowest BCUT2D eigenvalue weighted by Crippen LogP contribution is -2.48. The molecule has 0 radical (unpaired) electrons. The minimum atomic E-state index is 0.0495. The lowest BCUT2D eigenvalue weighted by molar-refractivity contribution is 0.0598. The van der Waals surface area contributed by atoms with Gasteiger partial charge in [-0.15, -0.1) is 0 Å². The third-order valence-electron chi connectivity index (χ3n) is 5.70. The summed E-state index contributed by atoms with van der Waals surface area (Å²) in [5.74, 6) is 0.608. The molecule has 138 valence electrons. The van der Waals surface area contributed by atoms with Gasteiger partial charge in [-0.1, -0.05) is 41.2 Å². The first-order chi connectivity index (χ1) is 12.5. The van der Waals surface area contributed by atoms with Crippen molar-refractivity contribution in [2.45, 2.75) is 38.3 Å². The van der Waals surface area contributed by atoms with Crippen LogP contribution in [0.15, 0.2) is 24.3 Å². The van der Waals surface area contributed by atoms with E-state index in [0.717, 1.165) is 28.4 Å². The van der Waals surface area contributed by atoms with Gasteiger partial charge in [-0.05, 0) is 37.7 Å². The second-order valence-electron chi connectivity index (χ2n) is 7.68. The van der Waals surface area contributed by atoms with Crippen LogP contribution in [0.4, 0.5) is 5.13 Å². The normalized spacial score (nSPS) is 24.3. The molecular formula is C20H26N4OS. The third kappa shape index (κ3) is 2.81. The number of thiazole rings is 1. The summed E-state index contributed by atoms with van der Waals surface area (Å²) in [5.41, 5.74) is 8.85. The fraction of sp³-hybridized carbons (Fsp3) is 0.500. The number of amides is 1. The number of aromatic nitrogens is 1. The number of hydrogen-bond acceptors (Lipinski definition) is 5. The van der Waals surface area contributed by atoms with Crippen molar-refractivity contribution in [3.8, 4) is 10.4 Å². The first-order valence-corrected chi connectivity index (χ1v) is 10.1. The highest BCUT2D eigenvalue weighted by atomic mass is 32.1. The third-order valence-corrected chi connectivity index (χ3v) is 6.97. The van der Waals surface area contributed by atoms with Crippen molar-refractivity contribution in [2.75, 3.05) is 25.5 Å². The summed E-state index contributed by atoms with van der Waals surface area (Å²) in [6, 6.07) is 8.79. The highest BCUT2D eigenvalue weighted by Crippen LogP contribution is 2.44. The van der Waals surface area contributed by atoms with Crippen molar-refractivity contribution >= 4 is 22.4 Å². The Kier molecular flexibility index (Phi) is 4.49. The Hall–Kier alpha value is -1.92. The number of carbonyl (C=O) groups is 1. The number of hydrogen-bond donors (Lipinski definition) is 1. The van der Waals surface area contributed by atoms with Crippen LogP contribution in [0.5, 0.6) is 0 Å². The van der Waals surface area contributed by atoms with Gasteiger partial charge in [0.1, 0.15) is 5.69 Å². The number of anilines is 1. The molecule has 2 aliphatic rings. The Morgan fingerprint density at radius 1 is 1.38 bits per heavy atom. The number of benzene rings is 1. The van der Waals surface area contributed by atoms with Crippen LogP contribution in [0.25, 0.3) is 10.4 Å². The van der Waals surface area contributed by atoms with Crippen LogP contribution < -0.4 is 10.6 Å². The van der Waals surface area contributed by atoms with E-state index < -0.39 is 0 Å². The summed E-state index contributed by atoms with van der Waals surface area (Å²) in [6.07, 6.45) is 3.39. The molecule has 2 heterocycles. The summed E-state index contributed by atoms with van der Waals surface area (Å²) in [7, 11) is 3.93. The first kappa shape index (κ1) is 17.5. The molecule has 1 aliphatic carbocycles. The van der Waals surface area contributed by atoms with Gasteiger partial charge in [-0.25, -0.2) is 4.98 Å². The Bertz CT molecular complexity index is 831. The first-order valence-electron chi connectivity index (χ1n) is 9.27. The number of likely N-dealkylation sites (tertiary alicyclic amines) is 1. The van der Waals surface area contributed by atoms with E-state index in [-0.39, 0.29) is 11.9 Å². The van der Waals surface area contributed by atoms with Crippen LogP contribution >= 0.6 is 11.3 Å². The van der Waals surface area contributed by atoms with E-state index in [2.05, 4.69) is 25.1 Å². The number of rotatable bonds is 4. The molecule has 6 heteroatoms. The van der Waals surface area contributed by atoms with Crippen molar-refractivity contribution < 1.29 is 4.79 Å². The van der Waals surface area contributed by atoms with E-state index in [9.17, 15) is 4.79 Å². The molecule has 26 heavy (non-hydrogen) atoms. The summed E-state index contributed by atoms with van der Waals surface area (Å²) < 4.78 is 0. The largest absolute Gasteiger partial charge is 0.354 e. The molecule has 1 aromatic carbocycles. The topological polar surface area (TPSA) is 62.5 Å². The van der Waals surface area contributed by atoms with E-state index in [4.69, 9.17) is 10.7 Å². The Balaban J connectivity index is 1.77. The second-order valence-corrected chi connectivity index (χ2v) is 8.66. The number of piperidine rings is 1. The van der Waals surface area contributed by atoms with Gasteiger partial charge in [-0.3, -0.25) is 4.79 Å². The summed E-state index contributed by atoms with van der Waals surface area (Å²) >= 11 is 1.58. The van der Waals surface area contributed by atoms with E-state index >= 15 is 0 Å². The highest BCUT2D eigenvalue weighted by Gasteiger charge is 2.48. The van der Waals surface area contributed by atoms with Crippen LogP contribution in [0.3, 0.4) is 0 Å². The van der Waals surface area contributed by atoms with Crippen LogP contribution in [-0.4, -0.2) is 48.5 Å². The van der Waals surface area contributed by atoms with Gasteiger partial charge in [0.15, 0.2) is 5.13 Å². The van der Waals surface area contributed by atoms with Crippen molar-refractivity contribution in [1.29, 1.82) is 0 Å². The van der Waals surface area contributed by atoms with Crippen LogP contribution in [0.1, 0.15) is 35.3 Å². The lowest BCUT2D eigenvalue weighted by Gasteiger charge is -2.34. The van der Waals surface area contributed by atoms with Gasteiger partial charge in [0.2, 0.25) is 0 Å². The molecule has 1 aliphatic heterocycles. The maximum Gasteiger partial charge on any atom is 0.274 e. The van der Waals surface area contributed by atoms with Crippen molar-refractivity contribution in [2.24, 2.45) is 11.7 Å². The minimum Gasteiger partial charge on any atom is -0.354 e. The number of nitrogens with zero attached hydrogens (tertiary/aromatic N) is 3. The average molecular weight is 371 g/mol. The van der Waals surface area contributed by atoms with Gasteiger partial charge in [-0.2, -0.15) is 0 Å². The van der Waals surface area contributed by atoms with Crippen LogP contribution in [-0.2, 0) is 0 Å². The quantitative estimate of drug-likeness (QED) is 0.898. The van der Waals surface area contributed by atoms with Crippen molar-refractivity contribution in [1.82, 2.24) is 9.88 Å². The van der Waals surface area contributed by atoms with Crippen LogP contribution in [0, 0.1) is 12.8 Å². The Labute approximate surface area is 158 Å². The smallest absolute Gasteiger partial charge is 0.274 e. The number of aryl methyl sites for hydroxylation is 1. The molecule has 5 nitrogen and oxygen atoms in total. The van der Waals surface area contributed by atoms with E-state index in [1.165, 1.54) is 12.0 Å². The lowest BCUT2D eigenvalue weighted by atomic mass is 9.98. The minimum absolute atomic E-state index is 0.0495. The van der Waals surface area contributed by atoms with Gasteiger partial charge in [0.05, 0.1) is 4.88 Å². The molecule has 2 aromatic rings. The molecule has 4 rings (SSSR count). The fourth-order valence-electron chi connectivity index (χ4n) is 4.46. The summed E-state index contributed by atoms with van der Waals surface area (Å²) in [5, 5.41) is 0.860. The average Bonchev–Trinajstić information content (AvgIpc) is 3.34.